The first kappa shape index (κ1) is 11.3. The first-order valence-corrected chi connectivity index (χ1v) is 6.34. The molecule has 0 aromatic heterocycles. The molecule has 2 aliphatic heterocycles. The van der Waals surface area contributed by atoms with Crippen LogP contribution in [0, 0.1) is 0 Å². The Morgan fingerprint density at radius 3 is 1.65 bits per heavy atom. The maximum Gasteiger partial charge on any atom is 0.231 e. The summed E-state index contributed by atoms with van der Waals surface area (Å²) in [6, 6.07) is 11.8. The van der Waals surface area contributed by atoms with Gasteiger partial charge in [0.15, 0.2) is 23.0 Å². The van der Waals surface area contributed by atoms with Crippen molar-refractivity contribution in [2.75, 3.05) is 25.5 Å². The van der Waals surface area contributed by atoms with Gasteiger partial charge >= 0.3 is 0 Å². The molecule has 5 nitrogen and oxygen atoms in total. The number of benzene rings is 2. The van der Waals surface area contributed by atoms with Gasteiger partial charge in [-0.2, -0.15) is 0 Å². The molecule has 0 saturated carbocycles. The SMILES string of the molecule is CN(c1ccc2c(c1)OCO2)c1ccc2c(c1)OCO2. The lowest BCUT2D eigenvalue weighted by atomic mass is 10.2. The fraction of sp³-hybridized carbons (Fsp3) is 0.200. The molecule has 0 N–H and O–H groups in total. The summed E-state index contributed by atoms with van der Waals surface area (Å²) in [4.78, 5) is 2.06. The maximum absolute atomic E-state index is 5.41. The molecular formula is C15H13NO4. The fourth-order valence-electron chi connectivity index (χ4n) is 2.34. The lowest BCUT2D eigenvalue weighted by Gasteiger charge is -2.20. The summed E-state index contributed by atoms with van der Waals surface area (Å²) in [5.41, 5.74) is 2.04. The summed E-state index contributed by atoms with van der Waals surface area (Å²) in [5.74, 6) is 3.12. The summed E-state index contributed by atoms with van der Waals surface area (Å²) < 4.78 is 21.5. The van der Waals surface area contributed by atoms with Crippen molar-refractivity contribution in [2.45, 2.75) is 0 Å². The highest BCUT2D eigenvalue weighted by molar-refractivity contribution is 5.68. The van der Waals surface area contributed by atoms with Gasteiger partial charge in [0.25, 0.3) is 0 Å². The Hall–Kier alpha value is -2.56. The van der Waals surface area contributed by atoms with E-state index in [0.29, 0.717) is 0 Å². The molecular weight excluding hydrogens is 258 g/mol. The molecule has 2 aromatic rings. The van der Waals surface area contributed by atoms with Gasteiger partial charge in [-0.25, -0.2) is 0 Å². The van der Waals surface area contributed by atoms with E-state index in [4.69, 9.17) is 18.9 Å². The van der Waals surface area contributed by atoms with E-state index in [1.165, 1.54) is 0 Å². The summed E-state index contributed by atoms with van der Waals surface area (Å²) >= 11 is 0. The molecule has 0 aliphatic carbocycles. The van der Waals surface area contributed by atoms with Gasteiger partial charge in [-0.05, 0) is 24.3 Å². The van der Waals surface area contributed by atoms with Gasteiger partial charge in [-0.15, -0.1) is 0 Å². The van der Waals surface area contributed by atoms with Crippen LogP contribution < -0.4 is 23.8 Å². The Morgan fingerprint density at radius 1 is 0.700 bits per heavy atom. The smallest absolute Gasteiger partial charge is 0.231 e. The molecule has 5 heteroatoms. The Balaban J connectivity index is 1.68. The van der Waals surface area contributed by atoms with E-state index in [-0.39, 0.29) is 13.6 Å². The van der Waals surface area contributed by atoms with E-state index in [0.717, 1.165) is 34.4 Å². The molecule has 4 rings (SSSR count). The van der Waals surface area contributed by atoms with E-state index >= 15 is 0 Å². The van der Waals surface area contributed by atoms with Crippen molar-refractivity contribution in [2.24, 2.45) is 0 Å². The highest BCUT2D eigenvalue weighted by Crippen LogP contribution is 2.40. The van der Waals surface area contributed by atoms with Gasteiger partial charge in [-0.3, -0.25) is 0 Å². The van der Waals surface area contributed by atoms with Gasteiger partial charge in [0.05, 0.1) is 0 Å². The van der Waals surface area contributed by atoms with Crippen LogP contribution in [0.4, 0.5) is 11.4 Å². The lowest BCUT2D eigenvalue weighted by Crippen LogP contribution is -2.09. The van der Waals surface area contributed by atoms with Crippen LogP contribution in [-0.2, 0) is 0 Å². The third-order valence-corrected chi connectivity index (χ3v) is 3.49. The van der Waals surface area contributed by atoms with Crippen LogP contribution in [0.15, 0.2) is 36.4 Å². The minimum atomic E-state index is 0.284. The zero-order valence-electron chi connectivity index (χ0n) is 11.0. The average molecular weight is 271 g/mol. The van der Waals surface area contributed by atoms with Crippen LogP contribution in [0.3, 0.4) is 0 Å². The molecule has 0 unspecified atom stereocenters. The third kappa shape index (κ3) is 1.71. The second kappa shape index (κ2) is 4.23. The molecule has 0 fully saturated rings. The van der Waals surface area contributed by atoms with Crippen molar-refractivity contribution in [3.63, 3.8) is 0 Å². The van der Waals surface area contributed by atoms with E-state index in [1.54, 1.807) is 0 Å². The molecule has 2 aliphatic rings. The summed E-state index contributed by atoms with van der Waals surface area (Å²) in [6.45, 7) is 0.569. The lowest BCUT2D eigenvalue weighted by molar-refractivity contribution is 0.173. The molecule has 20 heavy (non-hydrogen) atoms. The number of nitrogens with zero attached hydrogens (tertiary/aromatic N) is 1. The second-order valence-electron chi connectivity index (χ2n) is 4.63. The fourth-order valence-corrected chi connectivity index (χ4v) is 2.34. The van der Waals surface area contributed by atoms with Crippen molar-refractivity contribution >= 4 is 11.4 Å². The number of rotatable bonds is 2. The molecule has 2 heterocycles. The predicted octanol–water partition coefficient (Wildman–Crippen LogP) is 2.91. The molecule has 102 valence electrons. The van der Waals surface area contributed by atoms with Crippen LogP contribution in [0.2, 0.25) is 0 Å². The van der Waals surface area contributed by atoms with Gasteiger partial charge in [0, 0.05) is 30.6 Å². The highest BCUT2D eigenvalue weighted by atomic mass is 16.7. The minimum Gasteiger partial charge on any atom is -0.454 e. The minimum absolute atomic E-state index is 0.284. The first-order chi connectivity index (χ1) is 9.81. The van der Waals surface area contributed by atoms with Crippen LogP contribution >= 0.6 is 0 Å². The molecule has 0 radical (unpaired) electrons. The average Bonchev–Trinajstić information content (AvgIpc) is 3.13. The molecule has 0 bridgehead atoms. The highest BCUT2D eigenvalue weighted by Gasteiger charge is 2.18. The van der Waals surface area contributed by atoms with Gasteiger partial charge in [-0.1, -0.05) is 0 Å². The Labute approximate surface area is 116 Å². The first-order valence-electron chi connectivity index (χ1n) is 6.34. The van der Waals surface area contributed by atoms with Gasteiger partial charge in [0.2, 0.25) is 13.6 Å². The monoisotopic (exact) mass is 271 g/mol. The van der Waals surface area contributed by atoms with Crippen molar-refractivity contribution < 1.29 is 18.9 Å². The van der Waals surface area contributed by atoms with Crippen molar-refractivity contribution in [3.8, 4) is 23.0 Å². The van der Waals surface area contributed by atoms with Crippen LogP contribution in [0.5, 0.6) is 23.0 Å². The van der Waals surface area contributed by atoms with E-state index in [1.807, 2.05) is 43.4 Å². The Morgan fingerprint density at radius 2 is 1.15 bits per heavy atom. The second-order valence-corrected chi connectivity index (χ2v) is 4.63. The van der Waals surface area contributed by atoms with Crippen LogP contribution in [0.1, 0.15) is 0 Å². The van der Waals surface area contributed by atoms with E-state index < -0.39 is 0 Å². The van der Waals surface area contributed by atoms with E-state index in [2.05, 4.69) is 4.90 Å². The molecule has 2 aromatic carbocycles. The third-order valence-electron chi connectivity index (χ3n) is 3.49. The van der Waals surface area contributed by atoms with Crippen LogP contribution in [0.25, 0.3) is 0 Å². The summed E-state index contributed by atoms with van der Waals surface area (Å²) in [7, 11) is 2.00. The topological polar surface area (TPSA) is 40.2 Å². The molecule has 0 amide bonds. The number of ether oxygens (including phenoxy) is 4. The predicted molar refractivity (Wildman–Crippen MR) is 73.2 cm³/mol. The van der Waals surface area contributed by atoms with Crippen molar-refractivity contribution in [1.82, 2.24) is 0 Å². The Bertz CT molecular complexity index is 613. The quantitative estimate of drug-likeness (QED) is 0.840. The molecule has 0 spiro atoms. The molecule has 0 atom stereocenters. The van der Waals surface area contributed by atoms with E-state index in [9.17, 15) is 0 Å². The summed E-state index contributed by atoms with van der Waals surface area (Å²) in [6.07, 6.45) is 0. The number of fused-ring (bicyclic) bond motifs is 2. The molecule has 0 saturated heterocycles. The largest absolute Gasteiger partial charge is 0.454 e. The number of anilines is 2. The number of hydrogen-bond acceptors (Lipinski definition) is 5. The maximum atomic E-state index is 5.41. The zero-order valence-corrected chi connectivity index (χ0v) is 11.0. The van der Waals surface area contributed by atoms with Crippen LogP contribution in [-0.4, -0.2) is 20.6 Å². The number of hydrogen-bond donors (Lipinski definition) is 0. The Kier molecular flexibility index (Phi) is 2.39. The normalized spacial score (nSPS) is 14.4. The summed E-state index contributed by atoms with van der Waals surface area (Å²) in [5, 5.41) is 0. The zero-order chi connectivity index (χ0) is 13.5. The van der Waals surface area contributed by atoms with Gasteiger partial charge in [0.1, 0.15) is 0 Å². The van der Waals surface area contributed by atoms with Crippen molar-refractivity contribution in [3.05, 3.63) is 36.4 Å². The standard InChI is InChI=1S/C15H13NO4/c1-16(10-2-4-12-14(6-10)19-8-17-12)11-3-5-13-15(7-11)20-9-18-13/h2-7H,8-9H2,1H3. The van der Waals surface area contributed by atoms with Gasteiger partial charge < -0.3 is 23.8 Å². The van der Waals surface area contributed by atoms with Crippen molar-refractivity contribution in [1.29, 1.82) is 0 Å².